The number of likely N-dealkylation sites (tertiary alicyclic amines) is 1. The molecule has 0 unspecified atom stereocenters. The second-order valence-corrected chi connectivity index (χ2v) is 5.26. The van der Waals surface area contributed by atoms with Crippen molar-refractivity contribution < 1.29 is 9.53 Å². The molecule has 0 aromatic heterocycles. The van der Waals surface area contributed by atoms with Crippen LogP contribution in [0.25, 0.3) is 0 Å². The molecule has 1 fully saturated rings. The van der Waals surface area contributed by atoms with Gasteiger partial charge < -0.3 is 15.0 Å². The summed E-state index contributed by atoms with van der Waals surface area (Å²) >= 11 is 0. The second-order valence-electron chi connectivity index (χ2n) is 5.26. The maximum Gasteiger partial charge on any atom is 0.222 e. The minimum Gasteiger partial charge on any atom is -0.496 e. The van der Waals surface area contributed by atoms with Gasteiger partial charge in [0.2, 0.25) is 5.91 Å². The minimum absolute atomic E-state index is 0.255. The van der Waals surface area contributed by atoms with Crippen molar-refractivity contribution in [1.82, 2.24) is 10.2 Å². The van der Waals surface area contributed by atoms with Gasteiger partial charge in [-0.05, 0) is 37.9 Å². The van der Waals surface area contributed by atoms with E-state index in [0.29, 0.717) is 12.5 Å². The first kappa shape index (κ1) is 14.9. The number of hydrogen-bond acceptors (Lipinski definition) is 3. The lowest BCUT2D eigenvalue weighted by atomic mass is 10.0. The summed E-state index contributed by atoms with van der Waals surface area (Å²) < 4.78 is 5.32. The normalized spacial score (nSPS) is 16.2. The number of benzene rings is 1. The third-order valence-corrected chi connectivity index (χ3v) is 4.06. The molecule has 2 rings (SSSR count). The van der Waals surface area contributed by atoms with Gasteiger partial charge in [0.15, 0.2) is 0 Å². The standard InChI is InChI=1S/C16H24N2O2/c1-17-14-9-11-18(12-10-14)16(19)8-7-13-5-3-4-6-15(13)20-2/h3-6,14,17H,7-12H2,1-2H3. The molecule has 1 aliphatic rings. The molecule has 110 valence electrons. The predicted octanol–water partition coefficient (Wildman–Crippen LogP) is 1.84. The van der Waals surface area contributed by atoms with E-state index >= 15 is 0 Å². The van der Waals surface area contributed by atoms with Crippen LogP contribution in [0.1, 0.15) is 24.8 Å². The molecule has 1 aromatic carbocycles. The first-order chi connectivity index (χ1) is 9.74. The number of nitrogens with zero attached hydrogens (tertiary/aromatic N) is 1. The Morgan fingerprint density at radius 3 is 2.70 bits per heavy atom. The fourth-order valence-electron chi connectivity index (χ4n) is 2.73. The Morgan fingerprint density at radius 2 is 2.05 bits per heavy atom. The van der Waals surface area contributed by atoms with E-state index < -0.39 is 0 Å². The summed E-state index contributed by atoms with van der Waals surface area (Å²) in [7, 11) is 3.66. The molecule has 1 amide bonds. The van der Waals surface area contributed by atoms with E-state index in [0.717, 1.165) is 43.7 Å². The van der Waals surface area contributed by atoms with Crippen LogP contribution in [0.3, 0.4) is 0 Å². The quantitative estimate of drug-likeness (QED) is 0.892. The summed E-state index contributed by atoms with van der Waals surface area (Å²) in [6, 6.07) is 8.47. The molecular formula is C16H24N2O2. The number of hydrogen-bond donors (Lipinski definition) is 1. The first-order valence-electron chi connectivity index (χ1n) is 7.31. The van der Waals surface area contributed by atoms with Crippen molar-refractivity contribution >= 4 is 5.91 Å². The van der Waals surface area contributed by atoms with Gasteiger partial charge in [-0.3, -0.25) is 4.79 Å². The number of para-hydroxylation sites is 1. The second kappa shape index (κ2) is 7.29. The molecule has 1 saturated heterocycles. The number of nitrogens with one attached hydrogen (secondary N) is 1. The topological polar surface area (TPSA) is 41.6 Å². The monoisotopic (exact) mass is 276 g/mol. The summed E-state index contributed by atoms with van der Waals surface area (Å²) in [6.07, 6.45) is 3.41. The van der Waals surface area contributed by atoms with Crippen molar-refractivity contribution in [2.75, 3.05) is 27.2 Å². The molecule has 4 heteroatoms. The number of carbonyl (C=O) groups excluding carboxylic acids is 1. The van der Waals surface area contributed by atoms with Gasteiger partial charge in [-0.15, -0.1) is 0 Å². The van der Waals surface area contributed by atoms with Crippen molar-refractivity contribution in [3.05, 3.63) is 29.8 Å². The molecule has 20 heavy (non-hydrogen) atoms. The minimum atomic E-state index is 0.255. The fourth-order valence-corrected chi connectivity index (χ4v) is 2.73. The molecule has 0 aliphatic carbocycles. The van der Waals surface area contributed by atoms with E-state index in [2.05, 4.69) is 5.32 Å². The highest BCUT2D eigenvalue weighted by molar-refractivity contribution is 5.76. The van der Waals surface area contributed by atoms with E-state index in [1.54, 1.807) is 7.11 Å². The van der Waals surface area contributed by atoms with Gasteiger partial charge in [-0.1, -0.05) is 18.2 Å². The maximum atomic E-state index is 12.2. The molecule has 0 atom stereocenters. The smallest absolute Gasteiger partial charge is 0.222 e. The highest BCUT2D eigenvalue weighted by Crippen LogP contribution is 2.20. The van der Waals surface area contributed by atoms with Gasteiger partial charge >= 0.3 is 0 Å². The van der Waals surface area contributed by atoms with Gasteiger partial charge in [-0.25, -0.2) is 0 Å². The average Bonchev–Trinajstić information content (AvgIpc) is 2.53. The molecule has 0 bridgehead atoms. The molecule has 0 spiro atoms. The van der Waals surface area contributed by atoms with E-state index in [4.69, 9.17) is 4.74 Å². The third kappa shape index (κ3) is 3.73. The molecule has 1 heterocycles. The van der Waals surface area contributed by atoms with Crippen molar-refractivity contribution in [2.45, 2.75) is 31.7 Å². The zero-order valence-corrected chi connectivity index (χ0v) is 12.4. The third-order valence-electron chi connectivity index (χ3n) is 4.06. The van der Waals surface area contributed by atoms with Gasteiger partial charge in [-0.2, -0.15) is 0 Å². The van der Waals surface area contributed by atoms with Crippen LogP contribution in [0.2, 0.25) is 0 Å². The highest BCUT2D eigenvalue weighted by Gasteiger charge is 2.21. The Morgan fingerprint density at radius 1 is 1.35 bits per heavy atom. The molecule has 1 N–H and O–H groups in total. The zero-order chi connectivity index (χ0) is 14.4. The van der Waals surface area contributed by atoms with Crippen molar-refractivity contribution in [1.29, 1.82) is 0 Å². The molecular weight excluding hydrogens is 252 g/mol. The van der Waals surface area contributed by atoms with E-state index in [1.165, 1.54) is 0 Å². The van der Waals surface area contributed by atoms with Gasteiger partial charge in [0.05, 0.1) is 7.11 Å². The van der Waals surface area contributed by atoms with Crippen LogP contribution in [0, 0.1) is 0 Å². The lowest BCUT2D eigenvalue weighted by Gasteiger charge is -2.32. The van der Waals surface area contributed by atoms with Crippen LogP contribution in [0.4, 0.5) is 0 Å². The summed E-state index contributed by atoms with van der Waals surface area (Å²) in [5, 5.41) is 3.28. The summed E-state index contributed by atoms with van der Waals surface area (Å²) in [5.41, 5.74) is 1.11. The van der Waals surface area contributed by atoms with Crippen LogP contribution in [-0.2, 0) is 11.2 Å². The SMILES string of the molecule is CNC1CCN(C(=O)CCc2ccccc2OC)CC1. The van der Waals surface area contributed by atoms with Gasteiger partial charge in [0.1, 0.15) is 5.75 Å². The zero-order valence-electron chi connectivity index (χ0n) is 12.4. The number of aryl methyl sites for hydroxylation is 1. The summed E-state index contributed by atoms with van der Waals surface area (Å²) in [4.78, 5) is 14.2. The Hall–Kier alpha value is -1.55. The highest BCUT2D eigenvalue weighted by atomic mass is 16.5. The van der Waals surface area contributed by atoms with E-state index in [9.17, 15) is 4.79 Å². The van der Waals surface area contributed by atoms with Crippen LogP contribution in [0.5, 0.6) is 5.75 Å². The summed E-state index contributed by atoms with van der Waals surface area (Å²) in [6.45, 7) is 1.74. The molecule has 0 radical (unpaired) electrons. The van der Waals surface area contributed by atoms with Crippen LogP contribution in [0.15, 0.2) is 24.3 Å². The Kier molecular flexibility index (Phi) is 5.41. The van der Waals surface area contributed by atoms with Crippen LogP contribution >= 0.6 is 0 Å². The molecule has 1 aromatic rings. The maximum absolute atomic E-state index is 12.2. The molecule has 0 saturated carbocycles. The van der Waals surface area contributed by atoms with Gasteiger partial charge in [0, 0.05) is 25.6 Å². The first-order valence-corrected chi connectivity index (χ1v) is 7.31. The van der Waals surface area contributed by atoms with E-state index in [-0.39, 0.29) is 5.91 Å². The lowest BCUT2D eigenvalue weighted by Crippen LogP contribution is -2.44. The molecule has 1 aliphatic heterocycles. The van der Waals surface area contributed by atoms with Crippen LogP contribution < -0.4 is 10.1 Å². The summed E-state index contributed by atoms with van der Waals surface area (Å²) in [5.74, 6) is 1.12. The largest absolute Gasteiger partial charge is 0.496 e. The fraction of sp³-hybridized carbons (Fsp3) is 0.562. The lowest BCUT2D eigenvalue weighted by molar-refractivity contribution is -0.132. The Labute approximate surface area is 121 Å². The Bertz CT molecular complexity index is 440. The van der Waals surface area contributed by atoms with Crippen molar-refractivity contribution in [3.63, 3.8) is 0 Å². The number of amides is 1. The number of piperidine rings is 1. The Balaban J connectivity index is 1.83. The average molecular weight is 276 g/mol. The van der Waals surface area contributed by atoms with Gasteiger partial charge in [0.25, 0.3) is 0 Å². The van der Waals surface area contributed by atoms with Crippen LogP contribution in [-0.4, -0.2) is 44.1 Å². The van der Waals surface area contributed by atoms with Crippen molar-refractivity contribution in [2.24, 2.45) is 0 Å². The number of ether oxygens (including phenoxy) is 1. The predicted molar refractivity (Wildman–Crippen MR) is 80.0 cm³/mol. The number of methoxy groups -OCH3 is 1. The van der Waals surface area contributed by atoms with Crippen molar-refractivity contribution in [3.8, 4) is 5.75 Å². The molecule has 4 nitrogen and oxygen atoms in total. The van der Waals surface area contributed by atoms with E-state index in [1.807, 2.05) is 36.2 Å². The number of rotatable bonds is 5. The number of carbonyl (C=O) groups is 1.